The lowest BCUT2D eigenvalue weighted by Crippen LogP contribution is -2.33. The minimum atomic E-state index is -0.728. The fraction of sp³-hybridized carbons (Fsp3) is 0.455. The molecule has 1 heterocycles. The molecule has 1 atom stereocenters. The van der Waals surface area contributed by atoms with Crippen molar-refractivity contribution in [1.82, 2.24) is 0 Å². The minimum absolute atomic E-state index is 0.00149. The van der Waals surface area contributed by atoms with E-state index in [1.807, 2.05) is 18.2 Å². The van der Waals surface area contributed by atoms with Crippen LogP contribution in [-0.2, 0) is 0 Å². The largest absolute Gasteiger partial charge is 0.535 e. The molecule has 2 nitrogen and oxygen atoms in total. The highest BCUT2D eigenvalue weighted by Gasteiger charge is 2.45. The van der Waals surface area contributed by atoms with Gasteiger partial charge in [0.25, 0.3) is 0 Å². The average molecular weight is 269 g/mol. The van der Waals surface area contributed by atoms with Crippen molar-refractivity contribution in [3.8, 4) is 5.75 Å². The van der Waals surface area contributed by atoms with E-state index in [0.29, 0.717) is 0 Å². The van der Waals surface area contributed by atoms with Gasteiger partial charge >= 0.3 is 7.12 Å². The molecular formula is C11H14BBrO2. The van der Waals surface area contributed by atoms with E-state index in [1.54, 1.807) is 0 Å². The molecule has 1 unspecified atom stereocenters. The van der Waals surface area contributed by atoms with Crippen LogP contribution in [0.15, 0.2) is 22.7 Å². The smallest absolute Gasteiger partial charge is 0.531 e. The number of rotatable bonds is 0. The van der Waals surface area contributed by atoms with Crippen molar-refractivity contribution in [3.63, 3.8) is 0 Å². The van der Waals surface area contributed by atoms with Crippen LogP contribution < -0.4 is 4.65 Å². The second-order valence-electron chi connectivity index (χ2n) is 5.03. The Morgan fingerprint density at radius 1 is 1.40 bits per heavy atom. The van der Waals surface area contributed by atoms with Crippen molar-refractivity contribution in [2.45, 2.75) is 26.6 Å². The van der Waals surface area contributed by atoms with Crippen LogP contribution in [0.25, 0.3) is 0 Å². The van der Waals surface area contributed by atoms with Gasteiger partial charge in [0.1, 0.15) is 5.75 Å². The standard InChI is InChI=1S/C11H14BBrO2/c1-11(2,3)10-8-5-4-7(13)6-9(8)15-12(10)14/h4-6,10,14H,1-3H3. The van der Waals surface area contributed by atoms with Crippen molar-refractivity contribution in [1.29, 1.82) is 0 Å². The molecule has 0 saturated heterocycles. The summed E-state index contributed by atoms with van der Waals surface area (Å²) in [6, 6.07) is 5.91. The lowest BCUT2D eigenvalue weighted by Gasteiger charge is -2.26. The van der Waals surface area contributed by atoms with Gasteiger partial charge in [0.15, 0.2) is 0 Å². The summed E-state index contributed by atoms with van der Waals surface area (Å²) in [6.07, 6.45) is 0. The molecule has 1 N–H and O–H groups in total. The van der Waals surface area contributed by atoms with Gasteiger partial charge in [0, 0.05) is 10.3 Å². The summed E-state index contributed by atoms with van der Waals surface area (Å²) in [6.45, 7) is 6.34. The predicted octanol–water partition coefficient (Wildman–Crippen LogP) is 2.99. The molecule has 1 aromatic carbocycles. The molecule has 1 aliphatic rings. The fourth-order valence-corrected chi connectivity index (χ4v) is 2.45. The number of hydrogen-bond acceptors (Lipinski definition) is 2. The zero-order valence-corrected chi connectivity index (χ0v) is 10.7. The maximum Gasteiger partial charge on any atom is 0.531 e. The van der Waals surface area contributed by atoms with Crippen LogP contribution >= 0.6 is 15.9 Å². The third kappa shape index (κ3) is 1.93. The molecule has 4 heteroatoms. The Morgan fingerprint density at radius 2 is 2.07 bits per heavy atom. The van der Waals surface area contributed by atoms with Gasteiger partial charge in [-0.1, -0.05) is 42.8 Å². The molecular weight excluding hydrogens is 255 g/mol. The van der Waals surface area contributed by atoms with Crippen molar-refractivity contribution in [2.75, 3.05) is 0 Å². The van der Waals surface area contributed by atoms with Gasteiger partial charge in [-0.3, -0.25) is 0 Å². The quantitative estimate of drug-likeness (QED) is 0.733. The first-order chi connectivity index (χ1) is 6.89. The van der Waals surface area contributed by atoms with E-state index in [1.165, 1.54) is 0 Å². The maximum absolute atomic E-state index is 9.90. The third-order valence-corrected chi connectivity index (χ3v) is 3.27. The van der Waals surface area contributed by atoms with Crippen molar-refractivity contribution in [3.05, 3.63) is 28.2 Å². The summed E-state index contributed by atoms with van der Waals surface area (Å²) in [5.41, 5.74) is 1.09. The van der Waals surface area contributed by atoms with E-state index < -0.39 is 7.12 Å². The second-order valence-corrected chi connectivity index (χ2v) is 5.95. The monoisotopic (exact) mass is 268 g/mol. The number of halogens is 1. The first kappa shape index (κ1) is 11.0. The Hall–Kier alpha value is -0.475. The third-order valence-electron chi connectivity index (χ3n) is 2.78. The SMILES string of the molecule is CC(C)(C)C1B(O)Oc2cc(Br)ccc21. The molecule has 15 heavy (non-hydrogen) atoms. The topological polar surface area (TPSA) is 29.5 Å². The molecule has 0 fully saturated rings. The van der Waals surface area contributed by atoms with Gasteiger partial charge in [-0.05, 0) is 23.1 Å². The van der Waals surface area contributed by atoms with Crippen LogP contribution in [0.4, 0.5) is 0 Å². The van der Waals surface area contributed by atoms with Crippen LogP contribution in [0.3, 0.4) is 0 Å². The van der Waals surface area contributed by atoms with Crippen molar-refractivity contribution >= 4 is 23.0 Å². The lowest BCUT2D eigenvalue weighted by atomic mass is 9.58. The normalized spacial score (nSPS) is 20.1. The Bertz CT molecular complexity index is 387. The maximum atomic E-state index is 9.90. The minimum Gasteiger partial charge on any atom is -0.535 e. The molecule has 0 spiro atoms. The highest BCUT2D eigenvalue weighted by atomic mass is 79.9. The molecule has 0 radical (unpaired) electrons. The van der Waals surface area contributed by atoms with E-state index in [2.05, 4.69) is 36.7 Å². The first-order valence-corrected chi connectivity index (χ1v) is 5.83. The number of fused-ring (bicyclic) bond motifs is 1. The van der Waals surface area contributed by atoms with E-state index >= 15 is 0 Å². The molecule has 2 rings (SSSR count). The summed E-state index contributed by atoms with van der Waals surface area (Å²) >= 11 is 3.39. The van der Waals surface area contributed by atoms with E-state index in [9.17, 15) is 5.02 Å². The molecule has 0 amide bonds. The molecule has 80 valence electrons. The van der Waals surface area contributed by atoms with Crippen LogP contribution in [0, 0.1) is 5.41 Å². The zero-order chi connectivity index (χ0) is 11.2. The Labute approximate surface area is 98.9 Å². The predicted molar refractivity (Wildman–Crippen MR) is 64.9 cm³/mol. The van der Waals surface area contributed by atoms with E-state index in [0.717, 1.165) is 15.8 Å². The molecule has 0 aliphatic carbocycles. The Balaban J connectivity index is 2.46. The van der Waals surface area contributed by atoms with Crippen molar-refractivity contribution < 1.29 is 9.68 Å². The molecule has 0 aromatic heterocycles. The summed E-state index contributed by atoms with van der Waals surface area (Å²) in [4.78, 5) is 0. The fourth-order valence-electron chi connectivity index (χ4n) is 2.11. The highest BCUT2D eigenvalue weighted by Crippen LogP contribution is 2.46. The molecule has 0 saturated carbocycles. The Morgan fingerprint density at radius 3 is 2.67 bits per heavy atom. The van der Waals surface area contributed by atoms with Crippen LogP contribution in [0.5, 0.6) is 5.75 Å². The number of benzene rings is 1. The lowest BCUT2D eigenvalue weighted by molar-refractivity contribution is 0.336. The van der Waals surface area contributed by atoms with Gasteiger partial charge in [-0.2, -0.15) is 0 Å². The zero-order valence-electron chi connectivity index (χ0n) is 9.12. The van der Waals surface area contributed by atoms with Gasteiger partial charge in [-0.25, -0.2) is 0 Å². The molecule has 1 aromatic rings. The first-order valence-electron chi connectivity index (χ1n) is 5.04. The summed E-state index contributed by atoms with van der Waals surface area (Å²) < 4.78 is 6.43. The van der Waals surface area contributed by atoms with Gasteiger partial charge in [0.05, 0.1) is 0 Å². The van der Waals surface area contributed by atoms with Gasteiger partial charge in [-0.15, -0.1) is 0 Å². The van der Waals surface area contributed by atoms with Crippen LogP contribution in [0.1, 0.15) is 32.2 Å². The van der Waals surface area contributed by atoms with Crippen LogP contribution in [-0.4, -0.2) is 12.1 Å². The Kier molecular flexibility index (Phi) is 2.59. The second kappa shape index (κ2) is 3.53. The summed E-state index contributed by atoms with van der Waals surface area (Å²) in [5.74, 6) is 0.831. The van der Waals surface area contributed by atoms with Gasteiger partial charge in [0.2, 0.25) is 0 Å². The summed E-state index contributed by atoms with van der Waals surface area (Å²) in [5, 5.41) is 9.90. The number of hydrogen-bond donors (Lipinski definition) is 1. The summed E-state index contributed by atoms with van der Waals surface area (Å²) in [7, 11) is -0.728. The average Bonchev–Trinajstić information content (AvgIpc) is 2.38. The van der Waals surface area contributed by atoms with Crippen LogP contribution in [0.2, 0.25) is 0 Å². The highest BCUT2D eigenvalue weighted by molar-refractivity contribution is 9.10. The van der Waals surface area contributed by atoms with E-state index in [4.69, 9.17) is 4.65 Å². The van der Waals surface area contributed by atoms with E-state index in [-0.39, 0.29) is 11.2 Å². The van der Waals surface area contributed by atoms with Gasteiger partial charge < -0.3 is 9.68 Å². The molecule has 0 bridgehead atoms. The van der Waals surface area contributed by atoms with Crippen molar-refractivity contribution in [2.24, 2.45) is 5.41 Å². The molecule has 1 aliphatic heterocycles.